The predicted molar refractivity (Wildman–Crippen MR) is 82.7 cm³/mol. The lowest BCUT2D eigenvalue weighted by molar-refractivity contribution is -0.155. The van der Waals surface area contributed by atoms with Crippen molar-refractivity contribution >= 4 is 23.4 Å². The van der Waals surface area contributed by atoms with E-state index in [0.717, 1.165) is 24.8 Å². The normalized spacial score (nSPS) is 35.9. The summed E-state index contributed by atoms with van der Waals surface area (Å²) in [6, 6.07) is 7.51. The Morgan fingerprint density at radius 3 is 2.50 bits per heavy atom. The molecule has 1 aromatic carbocycles. The van der Waals surface area contributed by atoms with Crippen LogP contribution in [0.3, 0.4) is 0 Å². The van der Waals surface area contributed by atoms with Gasteiger partial charge >= 0.3 is 5.97 Å². The van der Waals surface area contributed by atoms with E-state index in [9.17, 15) is 9.59 Å². The minimum Gasteiger partial charge on any atom is -0.450 e. The van der Waals surface area contributed by atoms with Crippen LogP contribution in [0.2, 0.25) is 5.02 Å². The van der Waals surface area contributed by atoms with Crippen LogP contribution in [0, 0.1) is 11.3 Å². The third-order valence-corrected chi connectivity index (χ3v) is 6.26. The average molecular weight is 319 g/mol. The number of esters is 1. The number of benzene rings is 1. The first-order valence-corrected chi connectivity index (χ1v) is 8.44. The van der Waals surface area contributed by atoms with Gasteiger partial charge in [-0.25, -0.2) is 0 Å². The number of ether oxygens (including phenoxy) is 1. The lowest BCUT2D eigenvalue weighted by Gasteiger charge is -2.30. The summed E-state index contributed by atoms with van der Waals surface area (Å²) in [5, 5.41) is 0.626. The highest BCUT2D eigenvalue weighted by Gasteiger charge is 2.81. The first-order chi connectivity index (χ1) is 10.5. The van der Waals surface area contributed by atoms with Gasteiger partial charge in [0.25, 0.3) is 0 Å². The molecule has 4 heteroatoms. The summed E-state index contributed by atoms with van der Waals surface area (Å²) in [7, 11) is 0. The monoisotopic (exact) mass is 318 g/mol. The molecule has 22 heavy (non-hydrogen) atoms. The molecule has 3 aliphatic rings. The van der Waals surface area contributed by atoms with Crippen molar-refractivity contribution in [1.82, 2.24) is 0 Å². The zero-order valence-corrected chi connectivity index (χ0v) is 13.4. The highest BCUT2D eigenvalue weighted by molar-refractivity contribution is 6.31. The molecule has 3 nitrogen and oxygen atoms in total. The molecule has 3 fully saturated rings. The van der Waals surface area contributed by atoms with Gasteiger partial charge < -0.3 is 4.74 Å². The molecule has 1 saturated heterocycles. The van der Waals surface area contributed by atoms with Crippen LogP contribution in [0.25, 0.3) is 0 Å². The van der Waals surface area contributed by atoms with E-state index in [1.165, 1.54) is 0 Å². The van der Waals surface area contributed by atoms with Crippen LogP contribution in [0.15, 0.2) is 24.3 Å². The highest BCUT2D eigenvalue weighted by Crippen LogP contribution is 2.71. The van der Waals surface area contributed by atoms with Crippen LogP contribution in [0.5, 0.6) is 0 Å². The second kappa shape index (κ2) is 4.58. The number of ketones is 1. The second-order valence-electron chi connectivity index (χ2n) is 6.93. The van der Waals surface area contributed by atoms with Crippen LogP contribution >= 0.6 is 11.6 Å². The van der Waals surface area contributed by atoms with Crippen molar-refractivity contribution in [2.45, 2.75) is 50.5 Å². The number of carbonyl (C=O) groups is 2. The average Bonchev–Trinajstić information content (AvgIpc) is 3.08. The fourth-order valence-corrected chi connectivity index (χ4v) is 4.95. The summed E-state index contributed by atoms with van der Waals surface area (Å²) < 4.78 is 5.71. The van der Waals surface area contributed by atoms with Crippen molar-refractivity contribution in [3.63, 3.8) is 0 Å². The Kier molecular flexibility index (Phi) is 2.96. The van der Waals surface area contributed by atoms with E-state index >= 15 is 0 Å². The molecule has 3 atom stereocenters. The standard InChI is InChI=1S/C18H19ClO3/c1-11-14(12-7-3-4-8-13(12)19)18(11)15(20)17(22-16(18)21)9-5-2-6-10-17/h3-4,7-8,11,14H,2,5-6,9-10H2,1H3/t11-,14+,18?/m0/s1. The molecule has 0 amide bonds. The van der Waals surface area contributed by atoms with E-state index in [1.807, 2.05) is 31.2 Å². The smallest absolute Gasteiger partial charge is 0.321 e. The number of halogens is 1. The number of Topliss-reactive ketones (excluding diaryl/α,β-unsaturated/α-hetero) is 1. The summed E-state index contributed by atoms with van der Waals surface area (Å²) in [4.78, 5) is 25.9. The number of rotatable bonds is 1. The number of hydrogen-bond acceptors (Lipinski definition) is 3. The zero-order valence-electron chi connectivity index (χ0n) is 12.6. The summed E-state index contributed by atoms with van der Waals surface area (Å²) in [6.07, 6.45) is 4.39. The zero-order chi connectivity index (χ0) is 15.5. The van der Waals surface area contributed by atoms with E-state index in [4.69, 9.17) is 16.3 Å². The second-order valence-corrected chi connectivity index (χ2v) is 7.34. The van der Waals surface area contributed by atoms with Crippen LogP contribution in [-0.4, -0.2) is 17.4 Å². The summed E-state index contributed by atoms with van der Waals surface area (Å²) in [6.45, 7) is 1.97. The minimum absolute atomic E-state index is 0.0159. The van der Waals surface area contributed by atoms with E-state index < -0.39 is 11.0 Å². The van der Waals surface area contributed by atoms with Crippen molar-refractivity contribution < 1.29 is 14.3 Å². The van der Waals surface area contributed by atoms with Crippen molar-refractivity contribution in [2.75, 3.05) is 0 Å². The van der Waals surface area contributed by atoms with Gasteiger partial charge in [0.05, 0.1) is 0 Å². The molecule has 0 N–H and O–H groups in total. The van der Waals surface area contributed by atoms with Gasteiger partial charge in [-0.1, -0.05) is 43.1 Å². The molecule has 116 valence electrons. The Morgan fingerprint density at radius 2 is 1.82 bits per heavy atom. The molecule has 2 saturated carbocycles. The molecule has 0 radical (unpaired) electrons. The maximum Gasteiger partial charge on any atom is 0.321 e. The third-order valence-electron chi connectivity index (χ3n) is 5.92. The van der Waals surface area contributed by atoms with Crippen LogP contribution in [0.4, 0.5) is 0 Å². The molecule has 1 aromatic rings. The fourth-order valence-electron chi connectivity index (χ4n) is 4.69. The van der Waals surface area contributed by atoms with E-state index in [2.05, 4.69) is 0 Å². The molecule has 0 bridgehead atoms. The molecule has 1 heterocycles. The summed E-state index contributed by atoms with van der Waals surface area (Å²) in [5.41, 5.74) is -0.933. The Bertz CT molecular complexity index is 662. The minimum atomic E-state index is -0.984. The van der Waals surface area contributed by atoms with Gasteiger partial charge in [-0.3, -0.25) is 9.59 Å². The topological polar surface area (TPSA) is 43.4 Å². The fraction of sp³-hybridized carbons (Fsp3) is 0.556. The Hall–Kier alpha value is -1.35. The Morgan fingerprint density at radius 1 is 1.14 bits per heavy atom. The van der Waals surface area contributed by atoms with Gasteiger partial charge in [0.15, 0.2) is 11.4 Å². The van der Waals surface area contributed by atoms with Crippen LogP contribution in [0.1, 0.15) is 50.5 Å². The molecule has 0 aromatic heterocycles. The largest absolute Gasteiger partial charge is 0.450 e. The van der Waals surface area contributed by atoms with Crippen LogP contribution in [-0.2, 0) is 14.3 Å². The maximum absolute atomic E-state index is 13.2. The lowest BCUT2D eigenvalue weighted by Crippen LogP contribution is -2.40. The van der Waals surface area contributed by atoms with Gasteiger partial charge in [0.2, 0.25) is 0 Å². The first-order valence-electron chi connectivity index (χ1n) is 8.07. The molecule has 1 unspecified atom stereocenters. The van der Waals surface area contributed by atoms with E-state index in [1.54, 1.807) is 0 Å². The van der Waals surface area contributed by atoms with Gasteiger partial charge in [-0.2, -0.15) is 0 Å². The predicted octanol–water partition coefficient (Wildman–Crippen LogP) is 3.89. The van der Waals surface area contributed by atoms with E-state index in [-0.39, 0.29) is 23.6 Å². The first kappa shape index (κ1) is 14.3. The number of hydrogen-bond donors (Lipinski definition) is 0. The molecule has 1 aliphatic heterocycles. The number of carbonyl (C=O) groups excluding carboxylic acids is 2. The molecular formula is C18H19ClO3. The van der Waals surface area contributed by atoms with Crippen LogP contribution < -0.4 is 0 Å². The summed E-state index contributed by atoms with van der Waals surface area (Å²) >= 11 is 6.30. The summed E-state index contributed by atoms with van der Waals surface area (Å²) in [5.74, 6) is -0.477. The van der Waals surface area contributed by atoms with Gasteiger partial charge in [0.1, 0.15) is 5.41 Å². The van der Waals surface area contributed by atoms with Gasteiger partial charge in [0, 0.05) is 10.9 Å². The van der Waals surface area contributed by atoms with E-state index in [0.29, 0.717) is 17.9 Å². The van der Waals surface area contributed by atoms with Crippen molar-refractivity contribution in [3.05, 3.63) is 34.9 Å². The van der Waals surface area contributed by atoms with Crippen molar-refractivity contribution in [1.29, 1.82) is 0 Å². The molecular weight excluding hydrogens is 300 g/mol. The third kappa shape index (κ3) is 1.58. The van der Waals surface area contributed by atoms with Gasteiger partial charge in [-0.05, 0) is 43.2 Å². The highest BCUT2D eigenvalue weighted by atomic mass is 35.5. The lowest BCUT2D eigenvalue weighted by atomic mass is 9.77. The Balaban J connectivity index is 1.75. The Labute approximate surface area is 135 Å². The quantitative estimate of drug-likeness (QED) is 0.583. The van der Waals surface area contributed by atoms with Gasteiger partial charge in [-0.15, -0.1) is 0 Å². The molecule has 2 aliphatic carbocycles. The molecule has 2 spiro atoms. The molecule has 4 rings (SSSR count). The SMILES string of the molecule is C[C@H]1[C@H](c2ccccc2Cl)C12C(=O)OC1(CCCCC1)C2=O. The van der Waals surface area contributed by atoms with Crippen molar-refractivity contribution in [3.8, 4) is 0 Å². The maximum atomic E-state index is 13.2. The van der Waals surface area contributed by atoms with Crippen molar-refractivity contribution in [2.24, 2.45) is 11.3 Å².